The van der Waals surface area contributed by atoms with Gasteiger partial charge >= 0.3 is 5.97 Å². The first-order valence-electron chi connectivity index (χ1n) is 8.15. The Hall–Kier alpha value is -3.41. The first-order chi connectivity index (χ1) is 12.6. The van der Waals surface area contributed by atoms with Crippen molar-refractivity contribution in [1.82, 2.24) is 10.3 Å². The molecule has 26 heavy (non-hydrogen) atoms. The molecule has 0 saturated carbocycles. The molecule has 0 aliphatic heterocycles. The van der Waals surface area contributed by atoms with Gasteiger partial charge < -0.3 is 15.2 Å². The number of aliphatic carboxylic acids is 1. The van der Waals surface area contributed by atoms with E-state index in [-0.39, 0.29) is 18.9 Å². The average Bonchev–Trinajstić information content (AvgIpc) is 2.65. The molecule has 0 radical (unpaired) electrons. The van der Waals surface area contributed by atoms with Crippen LogP contribution in [0.5, 0.6) is 5.75 Å². The smallest absolute Gasteiger partial charge is 0.322 e. The number of hydrogen-bond acceptors (Lipinski definition) is 4. The van der Waals surface area contributed by atoms with E-state index in [9.17, 15) is 9.59 Å². The highest BCUT2D eigenvalue weighted by Crippen LogP contribution is 2.16. The number of nitrogens with one attached hydrogen (secondary N) is 1. The molecule has 3 aromatic rings. The number of carboxylic acid groups (broad SMARTS) is 1. The second-order valence-electron chi connectivity index (χ2n) is 5.78. The predicted molar refractivity (Wildman–Crippen MR) is 96.9 cm³/mol. The van der Waals surface area contributed by atoms with Crippen LogP contribution >= 0.6 is 0 Å². The van der Waals surface area contributed by atoms with Crippen molar-refractivity contribution < 1.29 is 19.4 Å². The fourth-order valence-electron chi connectivity index (χ4n) is 2.47. The van der Waals surface area contributed by atoms with E-state index in [1.165, 1.54) is 0 Å². The number of carboxylic acids is 1. The molecule has 0 aliphatic rings. The zero-order valence-corrected chi connectivity index (χ0v) is 14.0. The molecule has 1 aromatic heterocycles. The second kappa shape index (κ2) is 8.11. The van der Waals surface area contributed by atoms with Crippen LogP contribution in [0.1, 0.15) is 11.3 Å². The van der Waals surface area contributed by atoms with E-state index in [2.05, 4.69) is 10.3 Å². The van der Waals surface area contributed by atoms with Crippen LogP contribution in [0.15, 0.2) is 60.7 Å². The summed E-state index contributed by atoms with van der Waals surface area (Å²) < 4.78 is 5.74. The van der Waals surface area contributed by atoms with Gasteiger partial charge in [-0.2, -0.15) is 0 Å². The lowest BCUT2D eigenvalue weighted by Gasteiger charge is -2.08. The number of aromatic nitrogens is 1. The van der Waals surface area contributed by atoms with E-state index >= 15 is 0 Å². The topological polar surface area (TPSA) is 88.5 Å². The van der Waals surface area contributed by atoms with Gasteiger partial charge in [0.1, 0.15) is 18.9 Å². The lowest BCUT2D eigenvalue weighted by molar-refractivity contribution is -0.137. The highest BCUT2D eigenvalue weighted by Gasteiger charge is 2.06. The molecule has 0 atom stereocenters. The van der Waals surface area contributed by atoms with Crippen molar-refractivity contribution in [3.05, 3.63) is 71.9 Å². The highest BCUT2D eigenvalue weighted by molar-refractivity contribution is 5.82. The molecular formula is C20H18N2O4. The van der Waals surface area contributed by atoms with Gasteiger partial charge in [-0.15, -0.1) is 0 Å². The number of hydrogen-bond donors (Lipinski definition) is 2. The standard InChI is InChI=1S/C20H18N2O4/c23-19(21-12-20(24)25)11-14-5-9-17(10-6-14)26-13-16-8-7-15-3-1-2-4-18(15)22-16/h1-10H,11-13H2,(H,21,23)(H,24,25). The van der Waals surface area contributed by atoms with Gasteiger partial charge in [-0.1, -0.05) is 36.4 Å². The molecular weight excluding hydrogens is 332 g/mol. The van der Waals surface area contributed by atoms with Gasteiger partial charge in [-0.05, 0) is 29.8 Å². The Morgan fingerprint density at radius 2 is 1.77 bits per heavy atom. The minimum absolute atomic E-state index is 0.125. The SMILES string of the molecule is O=C(O)CNC(=O)Cc1ccc(OCc2ccc3ccccc3n2)cc1. The number of amides is 1. The van der Waals surface area contributed by atoms with E-state index in [1.807, 2.05) is 36.4 Å². The third-order valence-corrected chi connectivity index (χ3v) is 3.77. The van der Waals surface area contributed by atoms with Gasteiger partial charge in [0.25, 0.3) is 0 Å². The Balaban J connectivity index is 1.55. The van der Waals surface area contributed by atoms with E-state index in [0.717, 1.165) is 22.2 Å². The summed E-state index contributed by atoms with van der Waals surface area (Å²) in [6, 6.07) is 19.0. The third-order valence-electron chi connectivity index (χ3n) is 3.77. The van der Waals surface area contributed by atoms with Crippen molar-refractivity contribution in [1.29, 1.82) is 0 Å². The van der Waals surface area contributed by atoms with Crippen LogP contribution in [0.3, 0.4) is 0 Å². The summed E-state index contributed by atoms with van der Waals surface area (Å²) in [6.07, 6.45) is 0.125. The van der Waals surface area contributed by atoms with Crippen LogP contribution in [0, 0.1) is 0 Å². The summed E-state index contributed by atoms with van der Waals surface area (Å²) in [5.74, 6) is -0.722. The van der Waals surface area contributed by atoms with Crippen LogP contribution in [-0.2, 0) is 22.6 Å². The summed E-state index contributed by atoms with van der Waals surface area (Å²) in [4.78, 5) is 26.6. The summed E-state index contributed by atoms with van der Waals surface area (Å²) in [5.41, 5.74) is 2.54. The number of carbonyl (C=O) groups is 2. The summed E-state index contributed by atoms with van der Waals surface area (Å²) in [5, 5.41) is 12.0. The molecule has 0 spiro atoms. The molecule has 0 bridgehead atoms. The Kier molecular flexibility index (Phi) is 5.43. The maximum Gasteiger partial charge on any atom is 0.322 e. The van der Waals surface area contributed by atoms with Crippen molar-refractivity contribution in [2.24, 2.45) is 0 Å². The van der Waals surface area contributed by atoms with Crippen molar-refractivity contribution in [2.75, 3.05) is 6.54 Å². The number of pyridine rings is 1. The van der Waals surface area contributed by atoms with Crippen molar-refractivity contribution in [3.8, 4) is 5.75 Å². The molecule has 3 rings (SSSR count). The summed E-state index contributed by atoms with van der Waals surface area (Å²) in [6.45, 7) is -0.0257. The number of nitrogens with zero attached hydrogens (tertiary/aromatic N) is 1. The van der Waals surface area contributed by atoms with Gasteiger partial charge in [0.05, 0.1) is 17.6 Å². The summed E-state index contributed by atoms with van der Waals surface area (Å²) >= 11 is 0. The summed E-state index contributed by atoms with van der Waals surface area (Å²) in [7, 11) is 0. The monoisotopic (exact) mass is 350 g/mol. The van der Waals surface area contributed by atoms with E-state index in [1.54, 1.807) is 24.3 Å². The normalized spacial score (nSPS) is 10.5. The second-order valence-corrected chi connectivity index (χ2v) is 5.78. The highest BCUT2D eigenvalue weighted by atomic mass is 16.5. The first-order valence-corrected chi connectivity index (χ1v) is 8.15. The molecule has 132 valence electrons. The van der Waals surface area contributed by atoms with E-state index in [0.29, 0.717) is 12.4 Å². The molecule has 0 fully saturated rings. The molecule has 1 amide bonds. The van der Waals surface area contributed by atoms with Crippen molar-refractivity contribution in [3.63, 3.8) is 0 Å². The number of carbonyl (C=O) groups excluding carboxylic acids is 1. The fraction of sp³-hybridized carbons (Fsp3) is 0.150. The molecule has 1 heterocycles. The molecule has 2 aromatic carbocycles. The Labute approximate surface area is 150 Å². The minimum atomic E-state index is -1.07. The van der Waals surface area contributed by atoms with Gasteiger partial charge in [0.2, 0.25) is 5.91 Å². The molecule has 0 saturated heterocycles. The van der Waals surface area contributed by atoms with Gasteiger partial charge in [-0.25, -0.2) is 4.98 Å². The Morgan fingerprint density at radius 1 is 1.00 bits per heavy atom. The number of benzene rings is 2. The predicted octanol–water partition coefficient (Wildman–Crippen LogP) is 2.56. The maximum absolute atomic E-state index is 11.6. The molecule has 0 aliphatic carbocycles. The van der Waals surface area contributed by atoms with Gasteiger partial charge in [0.15, 0.2) is 0 Å². The lowest BCUT2D eigenvalue weighted by Crippen LogP contribution is -2.30. The van der Waals surface area contributed by atoms with Crippen LogP contribution in [0.25, 0.3) is 10.9 Å². The van der Waals surface area contributed by atoms with Gasteiger partial charge in [0, 0.05) is 5.39 Å². The number of para-hydroxylation sites is 1. The number of rotatable bonds is 7. The zero-order chi connectivity index (χ0) is 18.4. The van der Waals surface area contributed by atoms with E-state index < -0.39 is 5.97 Å². The van der Waals surface area contributed by atoms with Crippen molar-refractivity contribution >= 4 is 22.8 Å². The third kappa shape index (κ3) is 4.80. The Bertz CT molecular complexity index is 923. The number of ether oxygens (including phenoxy) is 1. The maximum atomic E-state index is 11.6. The minimum Gasteiger partial charge on any atom is -0.487 e. The fourth-order valence-corrected chi connectivity index (χ4v) is 2.47. The van der Waals surface area contributed by atoms with Crippen LogP contribution < -0.4 is 10.1 Å². The quantitative estimate of drug-likeness (QED) is 0.684. The van der Waals surface area contributed by atoms with Gasteiger partial charge in [-0.3, -0.25) is 9.59 Å². The first kappa shape index (κ1) is 17.4. The van der Waals surface area contributed by atoms with Crippen LogP contribution in [-0.4, -0.2) is 28.5 Å². The molecule has 2 N–H and O–H groups in total. The van der Waals surface area contributed by atoms with Crippen LogP contribution in [0.2, 0.25) is 0 Å². The Morgan fingerprint density at radius 3 is 2.54 bits per heavy atom. The largest absolute Gasteiger partial charge is 0.487 e. The van der Waals surface area contributed by atoms with Crippen molar-refractivity contribution in [2.45, 2.75) is 13.0 Å². The molecule has 6 heteroatoms. The van der Waals surface area contributed by atoms with E-state index in [4.69, 9.17) is 9.84 Å². The average molecular weight is 350 g/mol. The molecule has 0 unspecified atom stereocenters. The molecule has 6 nitrogen and oxygen atoms in total. The lowest BCUT2D eigenvalue weighted by atomic mass is 10.1. The number of fused-ring (bicyclic) bond motifs is 1. The van der Waals surface area contributed by atoms with Crippen LogP contribution in [0.4, 0.5) is 0 Å². The zero-order valence-electron chi connectivity index (χ0n) is 14.0.